The van der Waals surface area contributed by atoms with Gasteiger partial charge in [-0.2, -0.15) is 11.8 Å². The Bertz CT molecular complexity index is 1150. The second kappa shape index (κ2) is 11.3. The molecule has 1 saturated heterocycles. The fourth-order valence-electron chi connectivity index (χ4n) is 4.59. The van der Waals surface area contributed by atoms with Crippen molar-refractivity contribution in [1.29, 1.82) is 0 Å². The molecule has 3 rings (SSSR count). The molecule has 2 aromatic carbocycles. The Morgan fingerprint density at radius 3 is 2.39 bits per heavy atom. The third-order valence-corrected chi connectivity index (χ3v) is 8.01. The summed E-state index contributed by atoms with van der Waals surface area (Å²) < 4.78 is 4.49. The number of thioether (sulfide) groups is 1. The first-order valence-corrected chi connectivity index (χ1v) is 12.6. The van der Waals surface area contributed by atoms with Gasteiger partial charge in [0.25, 0.3) is 5.91 Å². The fourth-order valence-corrected chi connectivity index (χ4v) is 6.00. The Labute approximate surface area is 214 Å². The van der Waals surface area contributed by atoms with Crippen molar-refractivity contribution in [3.05, 3.63) is 65.2 Å². The monoisotopic (exact) mass is 513 g/mol. The average Bonchev–Trinajstić information content (AvgIpc) is 3.14. The van der Waals surface area contributed by atoms with Crippen LogP contribution in [0.1, 0.15) is 42.3 Å². The summed E-state index contributed by atoms with van der Waals surface area (Å²) >= 11 is 1.38. The van der Waals surface area contributed by atoms with Crippen molar-refractivity contribution in [3.63, 3.8) is 0 Å². The number of carbonyl (C=O) groups excluding carboxylic acids is 3. The predicted molar refractivity (Wildman–Crippen MR) is 136 cm³/mol. The van der Waals surface area contributed by atoms with E-state index in [1.165, 1.54) is 18.7 Å². The van der Waals surface area contributed by atoms with Gasteiger partial charge < -0.3 is 20.3 Å². The van der Waals surface area contributed by atoms with Crippen LogP contribution in [0.4, 0.5) is 0 Å². The number of aliphatic hydroxyl groups excluding tert-OH is 1. The number of carboxylic acid groups (broad SMARTS) is 1. The highest BCUT2D eigenvalue weighted by molar-refractivity contribution is 8.01. The Hall–Kier alpha value is -3.17. The van der Waals surface area contributed by atoms with E-state index in [1.54, 1.807) is 39.0 Å². The number of nitrogens with one attached hydrogen (secondary N) is 1. The van der Waals surface area contributed by atoms with Crippen molar-refractivity contribution in [2.75, 3.05) is 5.75 Å². The highest BCUT2D eigenvalue weighted by atomic mass is 32.2. The molecule has 4 atom stereocenters. The van der Waals surface area contributed by atoms with E-state index >= 15 is 0 Å². The number of carbonyl (C=O) groups is 4. The summed E-state index contributed by atoms with van der Waals surface area (Å²) in [7, 11) is 0. The van der Waals surface area contributed by atoms with Crippen molar-refractivity contribution in [3.8, 4) is 5.75 Å². The van der Waals surface area contributed by atoms with Crippen molar-refractivity contribution in [2.45, 2.75) is 51.0 Å². The summed E-state index contributed by atoms with van der Waals surface area (Å²) in [6, 6.07) is 12.8. The van der Waals surface area contributed by atoms with Gasteiger partial charge >= 0.3 is 11.9 Å². The number of ketones is 1. The Morgan fingerprint density at radius 1 is 1.11 bits per heavy atom. The van der Waals surface area contributed by atoms with Gasteiger partial charge in [0, 0.05) is 34.5 Å². The van der Waals surface area contributed by atoms with E-state index in [0.29, 0.717) is 5.56 Å². The van der Waals surface area contributed by atoms with Crippen LogP contribution in [0.25, 0.3) is 0 Å². The zero-order chi connectivity index (χ0) is 26.6. The molecule has 3 N–H and O–H groups in total. The summed E-state index contributed by atoms with van der Waals surface area (Å²) in [5, 5.41) is 23.7. The van der Waals surface area contributed by atoms with Gasteiger partial charge in [0.2, 0.25) is 0 Å². The molecule has 8 nitrogen and oxygen atoms in total. The molecular formula is C27H31NO7S. The third-order valence-electron chi connectivity index (χ3n) is 6.49. The van der Waals surface area contributed by atoms with Crippen LogP contribution in [0.5, 0.6) is 5.75 Å². The standard InChI is InChI=1S/C27H31NO7S/c1-15-18(11-8-12-21(15)35-16(2)29)25(32)28-20(13-17-9-6-5-7-10-17)24(31)23(30)19-14-36-27(3,4)22(19)26(33)34/h5-12,19-20,22,24,31H,13-14H2,1-4H3,(H,28,32)(H,33,34)/t19?,20-,22+,24-/m0/s1. The zero-order valence-corrected chi connectivity index (χ0v) is 21.5. The fraction of sp³-hybridized carbons (Fsp3) is 0.407. The van der Waals surface area contributed by atoms with E-state index in [4.69, 9.17) is 4.74 Å². The van der Waals surface area contributed by atoms with E-state index in [2.05, 4.69) is 5.32 Å². The number of aliphatic hydroxyl groups is 1. The van der Waals surface area contributed by atoms with Gasteiger partial charge in [-0.15, -0.1) is 0 Å². The first kappa shape index (κ1) is 27.4. The highest BCUT2D eigenvalue weighted by Gasteiger charge is 2.52. The average molecular weight is 514 g/mol. The molecule has 0 saturated carbocycles. The highest BCUT2D eigenvalue weighted by Crippen LogP contribution is 2.47. The van der Waals surface area contributed by atoms with Crippen LogP contribution >= 0.6 is 11.8 Å². The quantitative estimate of drug-likeness (QED) is 0.345. The lowest BCUT2D eigenvalue weighted by Crippen LogP contribution is -2.51. The van der Waals surface area contributed by atoms with Crippen molar-refractivity contribution < 1.29 is 34.1 Å². The van der Waals surface area contributed by atoms with Crippen LogP contribution in [-0.4, -0.2) is 56.5 Å². The van der Waals surface area contributed by atoms with E-state index in [-0.39, 0.29) is 23.5 Å². The van der Waals surface area contributed by atoms with Gasteiger partial charge in [0.15, 0.2) is 5.78 Å². The maximum absolute atomic E-state index is 13.4. The van der Waals surface area contributed by atoms with Crippen LogP contribution < -0.4 is 10.1 Å². The molecule has 0 aliphatic carbocycles. The normalized spacial score (nSPS) is 20.2. The number of benzene rings is 2. The predicted octanol–water partition coefficient (Wildman–Crippen LogP) is 3.03. The smallest absolute Gasteiger partial charge is 0.308 e. The number of ether oxygens (including phenoxy) is 1. The van der Waals surface area contributed by atoms with Gasteiger partial charge in [-0.25, -0.2) is 0 Å². The minimum atomic E-state index is -1.62. The van der Waals surface area contributed by atoms with Crippen molar-refractivity contribution >= 4 is 35.4 Å². The van der Waals surface area contributed by atoms with Crippen LogP contribution in [-0.2, 0) is 20.8 Å². The molecule has 9 heteroatoms. The minimum absolute atomic E-state index is 0.156. The van der Waals surface area contributed by atoms with Crippen LogP contribution in [0, 0.1) is 18.8 Å². The molecular weight excluding hydrogens is 482 g/mol. The Balaban J connectivity index is 1.89. The van der Waals surface area contributed by atoms with E-state index in [0.717, 1.165) is 5.56 Å². The summed E-state index contributed by atoms with van der Waals surface area (Å²) in [5.41, 5.74) is 1.45. The number of rotatable bonds is 9. The summed E-state index contributed by atoms with van der Waals surface area (Å²) in [5.74, 6) is -4.10. The summed E-state index contributed by atoms with van der Waals surface area (Å²) in [6.07, 6.45) is -1.46. The van der Waals surface area contributed by atoms with Crippen LogP contribution in [0.3, 0.4) is 0 Å². The Morgan fingerprint density at radius 2 is 1.78 bits per heavy atom. The molecule has 1 heterocycles. The van der Waals surface area contributed by atoms with Gasteiger partial charge in [-0.05, 0) is 44.9 Å². The largest absolute Gasteiger partial charge is 0.481 e. The number of hydrogen-bond donors (Lipinski definition) is 3. The van der Waals surface area contributed by atoms with Gasteiger partial charge in [-0.3, -0.25) is 19.2 Å². The number of Topliss-reactive ketones (excluding diaryl/α,β-unsaturated/α-hetero) is 1. The molecule has 36 heavy (non-hydrogen) atoms. The van der Waals surface area contributed by atoms with Crippen molar-refractivity contribution in [2.24, 2.45) is 11.8 Å². The molecule has 1 aliphatic heterocycles. The molecule has 0 aromatic heterocycles. The van der Waals surface area contributed by atoms with Crippen LogP contribution in [0.2, 0.25) is 0 Å². The second-order valence-corrected chi connectivity index (χ2v) is 11.2. The number of amides is 1. The first-order chi connectivity index (χ1) is 16.9. The lowest BCUT2D eigenvalue weighted by Gasteiger charge is -2.29. The molecule has 0 spiro atoms. The minimum Gasteiger partial charge on any atom is -0.481 e. The number of carboxylic acids is 1. The van der Waals surface area contributed by atoms with Crippen LogP contribution in [0.15, 0.2) is 48.5 Å². The third kappa shape index (κ3) is 6.14. The first-order valence-electron chi connectivity index (χ1n) is 11.6. The number of hydrogen-bond acceptors (Lipinski definition) is 7. The maximum atomic E-state index is 13.4. The molecule has 192 valence electrons. The molecule has 0 radical (unpaired) electrons. The molecule has 1 unspecified atom stereocenters. The molecule has 1 fully saturated rings. The topological polar surface area (TPSA) is 130 Å². The SMILES string of the molecule is CC(=O)Oc1cccc(C(=O)N[C@@H](Cc2ccccc2)[C@H](O)C(=O)C2CSC(C)(C)[C@H]2C(=O)O)c1C. The van der Waals surface area contributed by atoms with E-state index in [1.807, 2.05) is 30.3 Å². The Kier molecular flexibility index (Phi) is 8.58. The summed E-state index contributed by atoms with van der Waals surface area (Å²) in [6.45, 7) is 6.45. The molecule has 1 amide bonds. The number of aliphatic carboxylic acids is 1. The van der Waals surface area contributed by atoms with E-state index in [9.17, 15) is 29.4 Å². The second-order valence-electron chi connectivity index (χ2n) is 9.48. The van der Waals surface area contributed by atoms with Gasteiger partial charge in [0.1, 0.15) is 11.9 Å². The maximum Gasteiger partial charge on any atom is 0.308 e. The zero-order valence-electron chi connectivity index (χ0n) is 20.7. The van der Waals surface area contributed by atoms with E-state index < -0.39 is 52.4 Å². The molecule has 2 aromatic rings. The lowest BCUT2D eigenvalue weighted by molar-refractivity contribution is -0.149. The number of esters is 1. The summed E-state index contributed by atoms with van der Waals surface area (Å²) in [4.78, 5) is 50.0. The molecule has 0 bridgehead atoms. The van der Waals surface area contributed by atoms with Crippen molar-refractivity contribution in [1.82, 2.24) is 5.32 Å². The van der Waals surface area contributed by atoms with Gasteiger partial charge in [0.05, 0.1) is 12.0 Å². The van der Waals surface area contributed by atoms with Gasteiger partial charge in [-0.1, -0.05) is 36.4 Å². The lowest BCUT2D eigenvalue weighted by atomic mass is 9.79. The molecule has 1 aliphatic rings.